The highest BCUT2D eigenvalue weighted by Crippen LogP contribution is 2.15. The highest BCUT2D eigenvalue weighted by Gasteiger charge is 2.03. The second-order valence-corrected chi connectivity index (χ2v) is 3.15. The highest BCUT2D eigenvalue weighted by atomic mass is 35.5. The summed E-state index contributed by atoms with van der Waals surface area (Å²) in [6.45, 7) is 3.54. The Bertz CT molecular complexity index is 332. The summed E-state index contributed by atoms with van der Waals surface area (Å²) in [6.07, 6.45) is 0.541. The van der Waals surface area contributed by atoms with Gasteiger partial charge in [-0.25, -0.2) is 0 Å². The van der Waals surface area contributed by atoms with Crippen LogP contribution < -0.4 is 0 Å². The third-order valence-electron chi connectivity index (χ3n) is 1.54. The Morgan fingerprint density at radius 3 is 2.38 bits per heavy atom. The molecule has 4 heteroatoms. The third kappa shape index (κ3) is 2.87. The smallest absolute Gasteiger partial charge is 0.258 e. The number of nitrogens with zero attached hydrogens (tertiary/aromatic N) is 1. The van der Waals surface area contributed by atoms with E-state index in [1.54, 1.807) is 12.1 Å². The summed E-state index contributed by atoms with van der Waals surface area (Å²) in [5.41, 5.74) is 1.01. The lowest BCUT2D eigenvalue weighted by Crippen LogP contribution is -1.89. The van der Waals surface area contributed by atoms with E-state index in [4.69, 9.17) is 11.6 Å². The number of nitro groups is 1. The van der Waals surface area contributed by atoms with E-state index >= 15 is 0 Å². The minimum atomic E-state index is -0.431. The molecule has 0 unspecified atom stereocenters. The van der Waals surface area contributed by atoms with Crippen LogP contribution in [-0.2, 0) is 6.42 Å². The van der Waals surface area contributed by atoms with Gasteiger partial charge in [-0.1, -0.05) is 30.3 Å². The minimum absolute atomic E-state index is 0.0870. The summed E-state index contributed by atoms with van der Waals surface area (Å²) in [7, 11) is 0. The van der Waals surface area contributed by atoms with Gasteiger partial charge in [-0.15, -0.1) is 0 Å². The summed E-state index contributed by atoms with van der Waals surface area (Å²) >= 11 is 5.59. The molecule has 0 heterocycles. The van der Waals surface area contributed by atoms with Gasteiger partial charge in [0.25, 0.3) is 5.69 Å². The van der Waals surface area contributed by atoms with Crippen molar-refractivity contribution in [3.63, 3.8) is 0 Å². The number of benzene rings is 1. The maximum Gasteiger partial charge on any atom is 0.269 e. The number of hydrogen-bond acceptors (Lipinski definition) is 2. The zero-order valence-electron chi connectivity index (χ0n) is 6.87. The van der Waals surface area contributed by atoms with Crippen molar-refractivity contribution >= 4 is 17.3 Å². The molecule has 0 aliphatic heterocycles. The molecule has 0 aromatic heterocycles. The Labute approximate surface area is 80.8 Å². The molecule has 13 heavy (non-hydrogen) atoms. The minimum Gasteiger partial charge on any atom is -0.258 e. The third-order valence-corrected chi connectivity index (χ3v) is 1.68. The molecule has 0 spiro atoms. The largest absolute Gasteiger partial charge is 0.269 e. The molecule has 68 valence electrons. The van der Waals surface area contributed by atoms with E-state index in [2.05, 4.69) is 6.58 Å². The van der Waals surface area contributed by atoms with Crippen LogP contribution in [0.3, 0.4) is 0 Å². The van der Waals surface area contributed by atoms with Crippen LogP contribution in [0.4, 0.5) is 5.69 Å². The lowest BCUT2D eigenvalue weighted by molar-refractivity contribution is -0.384. The molecule has 0 N–H and O–H groups in total. The van der Waals surface area contributed by atoms with Crippen LogP contribution in [0.2, 0.25) is 0 Å². The highest BCUT2D eigenvalue weighted by molar-refractivity contribution is 6.29. The number of allylic oxidation sites excluding steroid dienone is 1. The van der Waals surface area contributed by atoms with E-state index in [0.717, 1.165) is 5.56 Å². The molecule has 0 radical (unpaired) electrons. The van der Waals surface area contributed by atoms with Crippen molar-refractivity contribution in [2.75, 3.05) is 0 Å². The molecular weight excluding hydrogens is 190 g/mol. The second-order valence-electron chi connectivity index (χ2n) is 2.62. The first kappa shape index (κ1) is 9.74. The zero-order chi connectivity index (χ0) is 9.84. The quantitative estimate of drug-likeness (QED) is 0.552. The Kier molecular flexibility index (Phi) is 3.03. The van der Waals surface area contributed by atoms with Gasteiger partial charge in [0.15, 0.2) is 0 Å². The van der Waals surface area contributed by atoms with E-state index in [1.165, 1.54) is 12.1 Å². The lowest BCUT2D eigenvalue weighted by Gasteiger charge is -1.97. The second kappa shape index (κ2) is 4.05. The molecule has 1 aromatic rings. The van der Waals surface area contributed by atoms with Gasteiger partial charge in [0.2, 0.25) is 0 Å². The molecule has 3 nitrogen and oxygen atoms in total. The molecular formula is C9H8ClNO2. The maximum atomic E-state index is 10.3. The Hall–Kier alpha value is -1.35. The van der Waals surface area contributed by atoms with Gasteiger partial charge in [0, 0.05) is 23.6 Å². The molecule has 0 aliphatic rings. The van der Waals surface area contributed by atoms with Gasteiger partial charge >= 0.3 is 0 Å². The fraction of sp³-hybridized carbons (Fsp3) is 0.111. The number of halogens is 1. The van der Waals surface area contributed by atoms with Gasteiger partial charge in [-0.05, 0) is 5.56 Å². The number of hydrogen-bond donors (Lipinski definition) is 0. The fourth-order valence-corrected chi connectivity index (χ4v) is 1.11. The van der Waals surface area contributed by atoms with Gasteiger partial charge < -0.3 is 0 Å². The lowest BCUT2D eigenvalue weighted by atomic mass is 10.1. The standard InChI is InChI=1S/C9H8ClNO2/c1-7(10)6-8-2-4-9(5-3-8)11(12)13/h2-5H,1,6H2. The predicted molar refractivity (Wildman–Crippen MR) is 51.8 cm³/mol. The molecule has 0 bridgehead atoms. The molecule has 0 saturated heterocycles. The SMILES string of the molecule is C=C(Cl)Cc1ccc([N+](=O)[O-])cc1. The first-order chi connectivity index (χ1) is 6.09. The molecule has 0 aliphatic carbocycles. The van der Waals surface area contributed by atoms with E-state index in [9.17, 15) is 10.1 Å². The van der Waals surface area contributed by atoms with Crippen molar-refractivity contribution in [1.29, 1.82) is 0 Å². The van der Waals surface area contributed by atoms with Gasteiger partial charge in [-0.3, -0.25) is 10.1 Å². The summed E-state index contributed by atoms with van der Waals surface area (Å²) in [6, 6.07) is 6.25. The van der Waals surface area contributed by atoms with Crippen molar-refractivity contribution in [1.82, 2.24) is 0 Å². The predicted octanol–water partition coefficient (Wildman–Crippen LogP) is 2.89. The summed E-state index contributed by atoms with van der Waals surface area (Å²) in [4.78, 5) is 9.87. The van der Waals surface area contributed by atoms with E-state index in [-0.39, 0.29) is 5.69 Å². The van der Waals surface area contributed by atoms with Crippen molar-refractivity contribution in [3.8, 4) is 0 Å². The molecule has 0 fully saturated rings. The van der Waals surface area contributed by atoms with E-state index in [0.29, 0.717) is 11.5 Å². The van der Waals surface area contributed by atoms with Crippen LogP contribution in [0, 0.1) is 10.1 Å². The zero-order valence-corrected chi connectivity index (χ0v) is 7.62. The average molecular weight is 198 g/mol. The number of non-ortho nitro benzene ring substituents is 1. The van der Waals surface area contributed by atoms with Crippen molar-refractivity contribution in [3.05, 3.63) is 51.6 Å². The fourth-order valence-electron chi connectivity index (χ4n) is 0.957. The molecule has 1 aromatic carbocycles. The van der Waals surface area contributed by atoms with E-state index in [1.807, 2.05) is 0 Å². The van der Waals surface area contributed by atoms with Crippen LogP contribution >= 0.6 is 11.6 Å². The monoisotopic (exact) mass is 197 g/mol. The van der Waals surface area contributed by atoms with Crippen LogP contribution in [0.5, 0.6) is 0 Å². The maximum absolute atomic E-state index is 10.3. The normalized spacial score (nSPS) is 9.62. The van der Waals surface area contributed by atoms with Crippen LogP contribution in [0.1, 0.15) is 5.56 Å². The Balaban J connectivity index is 2.81. The molecule has 0 saturated carbocycles. The van der Waals surface area contributed by atoms with Crippen LogP contribution in [0.25, 0.3) is 0 Å². The first-order valence-electron chi connectivity index (χ1n) is 3.66. The number of rotatable bonds is 3. The number of nitro benzene ring substituents is 1. The molecule has 1 rings (SSSR count). The van der Waals surface area contributed by atoms with Crippen LogP contribution in [-0.4, -0.2) is 4.92 Å². The topological polar surface area (TPSA) is 43.1 Å². The van der Waals surface area contributed by atoms with Gasteiger partial charge in [0.05, 0.1) is 4.92 Å². The van der Waals surface area contributed by atoms with Crippen molar-refractivity contribution < 1.29 is 4.92 Å². The summed E-state index contributed by atoms with van der Waals surface area (Å²) in [5, 5.41) is 10.8. The Morgan fingerprint density at radius 2 is 2.00 bits per heavy atom. The summed E-state index contributed by atoms with van der Waals surface area (Å²) in [5.74, 6) is 0. The van der Waals surface area contributed by atoms with E-state index < -0.39 is 4.92 Å². The van der Waals surface area contributed by atoms with Gasteiger partial charge in [-0.2, -0.15) is 0 Å². The summed E-state index contributed by atoms with van der Waals surface area (Å²) < 4.78 is 0. The molecule has 0 amide bonds. The molecule has 0 atom stereocenters. The van der Waals surface area contributed by atoms with Crippen molar-refractivity contribution in [2.24, 2.45) is 0 Å². The van der Waals surface area contributed by atoms with Crippen molar-refractivity contribution in [2.45, 2.75) is 6.42 Å². The first-order valence-corrected chi connectivity index (χ1v) is 4.04. The Morgan fingerprint density at radius 1 is 1.46 bits per heavy atom. The van der Waals surface area contributed by atoms with Gasteiger partial charge in [0.1, 0.15) is 0 Å². The average Bonchev–Trinajstić information content (AvgIpc) is 2.04. The van der Waals surface area contributed by atoms with Crippen LogP contribution in [0.15, 0.2) is 35.9 Å².